The second-order valence-corrected chi connectivity index (χ2v) is 3.52. The van der Waals surface area contributed by atoms with E-state index in [-0.39, 0.29) is 6.61 Å². The molecule has 0 aliphatic rings. The number of esters is 1. The topological polar surface area (TPSA) is 43.4 Å². The van der Waals surface area contributed by atoms with Crippen molar-refractivity contribution in [2.75, 3.05) is 6.61 Å². The van der Waals surface area contributed by atoms with Crippen LogP contribution in [0.4, 0.5) is 13.2 Å². The number of ether oxygens (including phenoxy) is 1. The number of halogens is 3. The maximum Gasteiger partial charge on any atom is 0.349 e. The first kappa shape index (κ1) is 14.2. The van der Waals surface area contributed by atoms with Gasteiger partial charge in [0.15, 0.2) is 0 Å². The number of carbonyl (C=O) groups excluding carboxylic acids is 2. The quantitative estimate of drug-likeness (QED) is 0.464. The largest absolute Gasteiger partial charge is 0.463 e. The fourth-order valence-electron chi connectivity index (χ4n) is 1.21. The summed E-state index contributed by atoms with van der Waals surface area (Å²) in [7, 11) is 0. The molecule has 0 heterocycles. The van der Waals surface area contributed by atoms with E-state index in [0.29, 0.717) is 12.5 Å². The van der Waals surface area contributed by atoms with Crippen LogP contribution in [0, 0.1) is 11.6 Å². The number of benzene rings is 1. The van der Waals surface area contributed by atoms with Crippen LogP contribution in [0.3, 0.4) is 0 Å². The van der Waals surface area contributed by atoms with Gasteiger partial charge in [-0.15, -0.1) is 0 Å². The molecule has 0 spiro atoms. The zero-order valence-electron chi connectivity index (χ0n) is 9.58. The maximum atomic E-state index is 13.4. The summed E-state index contributed by atoms with van der Waals surface area (Å²) in [5.74, 6) is -4.86. The molecule has 0 radical (unpaired) electrons. The Morgan fingerprint density at radius 2 is 2.00 bits per heavy atom. The Balaban J connectivity index is 2.83. The smallest absolute Gasteiger partial charge is 0.349 e. The Morgan fingerprint density at radius 3 is 2.56 bits per heavy atom. The minimum Gasteiger partial charge on any atom is -0.463 e. The average Bonchev–Trinajstić information content (AvgIpc) is 2.34. The average molecular weight is 260 g/mol. The van der Waals surface area contributed by atoms with Crippen LogP contribution in [-0.4, -0.2) is 24.5 Å². The van der Waals surface area contributed by atoms with Crippen LogP contribution in [0.1, 0.15) is 23.7 Å². The molecule has 3 nitrogen and oxygen atoms in total. The summed E-state index contributed by atoms with van der Waals surface area (Å²) in [5.41, 5.74) is -0.683. The van der Waals surface area contributed by atoms with Crippen molar-refractivity contribution in [2.45, 2.75) is 19.5 Å². The van der Waals surface area contributed by atoms with E-state index in [9.17, 15) is 22.8 Å². The predicted octanol–water partition coefficient (Wildman–Crippen LogP) is 2.44. The van der Waals surface area contributed by atoms with Crippen LogP contribution in [0.5, 0.6) is 0 Å². The Bertz CT molecular complexity index is 460. The van der Waals surface area contributed by atoms with Gasteiger partial charge in [0.25, 0.3) is 6.17 Å². The highest BCUT2D eigenvalue weighted by molar-refractivity contribution is 6.11. The Labute approximate surface area is 102 Å². The van der Waals surface area contributed by atoms with Gasteiger partial charge >= 0.3 is 5.97 Å². The molecule has 0 aliphatic heterocycles. The van der Waals surface area contributed by atoms with E-state index in [1.165, 1.54) is 0 Å². The first-order valence-electron chi connectivity index (χ1n) is 5.27. The van der Waals surface area contributed by atoms with E-state index in [0.717, 1.165) is 12.1 Å². The number of hydrogen-bond donors (Lipinski definition) is 0. The lowest BCUT2D eigenvalue weighted by molar-refractivity contribution is -0.147. The molecule has 1 aromatic carbocycles. The third kappa shape index (κ3) is 3.32. The predicted molar refractivity (Wildman–Crippen MR) is 56.8 cm³/mol. The SMILES string of the molecule is CCCOC(=O)C(F)C(=O)c1ccc(F)cc1F. The van der Waals surface area contributed by atoms with Gasteiger partial charge in [-0.1, -0.05) is 6.92 Å². The van der Waals surface area contributed by atoms with E-state index in [1.54, 1.807) is 6.92 Å². The number of Topliss-reactive ketones (excluding diaryl/α,β-unsaturated/α-hetero) is 1. The van der Waals surface area contributed by atoms with Crippen LogP contribution >= 0.6 is 0 Å². The van der Waals surface area contributed by atoms with Crippen molar-refractivity contribution in [3.05, 3.63) is 35.4 Å². The van der Waals surface area contributed by atoms with Gasteiger partial charge in [-0.3, -0.25) is 4.79 Å². The minimum absolute atomic E-state index is 0.0293. The first-order valence-corrected chi connectivity index (χ1v) is 5.27. The van der Waals surface area contributed by atoms with Crippen molar-refractivity contribution in [2.24, 2.45) is 0 Å². The molecule has 0 saturated heterocycles. The van der Waals surface area contributed by atoms with Crippen LogP contribution in [0.25, 0.3) is 0 Å². The number of hydrogen-bond acceptors (Lipinski definition) is 3. The van der Waals surface area contributed by atoms with Gasteiger partial charge < -0.3 is 4.74 Å². The minimum atomic E-state index is -2.60. The lowest BCUT2D eigenvalue weighted by atomic mass is 10.1. The summed E-state index contributed by atoms with van der Waals surface area (Å²) >= 11 is 0. The molecule has 1 aromatic rings. The molecule has 1 atom stereocenters. The van der Waals surface area contributed by atoms with Gasteiger partial charge in [-0.2, -0.15) is 0 Å². The van der Waals surface area contributed by atoms with Crippen molar-refractivity contribution in [1.29, 1.82) is 0 Å². The summed E-state index contributed by atoms with van der Waals surface area (Å²) in [5, 5.41) is 0. The molecule has 1 unspecified atom stereocenters. The Kier molecular flexibility index (Phi) is 4.88. The molecule has 0 N–H and O–H groups in total. The van der Waals surface area contributed by atoms with Crippen molar-refractivity contribution in [3.63, 3.8) is 0 Å². The van der Waals surface area contributed by atoms with Crippen LogP contribution < -0.4 is 0 Å². The molecule has 0 fully saturated rings. The van der Waals surface area contributed by atoms with Gasteiger partial charge in [-0.25, -0.2) is 18.0 Å². The number of carbonyl (C=O) groups is 2. The molecule has 6 heteroatoms. The lowest BCUT2D eigenvalue weighted by Crippen LogP contribution is -2.28. The van der Waals surface area contributed by atoms with Crippen molar-refractivity contribution in [3.8, 4) is 0 Å². The van der Waals surface area contributed by atoms with Crippen molar-refractivity contribution >= 4 is 11.8 Å². The van der Waals surface area contributed by atoms with E-state index < -0.39 is 35.1 Å². The molecule has 1 rings (SSSR count). The van der Waals surface area contributed by atoms with Crippen LogP contribution in [-0.2, 0) is 9.53 Å². The van der Waals surface area contributed by atoms with Gasteiger partial charge in [-0.05, 0) is 18.6 Å². The molecule has 98 valence electrons. The molecule has 0 aliphatic carbocycles. The van der Waals surface area contributed by atoms with E-state index >= 15 is 0 Å². The van der Waals surface area contributed by atoms with E-state index in [4.69, 9.17) is 0 Å². The van der Waals surface area contributed by atoms with Gasteiger partial charge in [0.1, 0.15) is 11.6 Å². The highest BCUT2D eigenvalue weighted by Gasteiger charge is 2.30. The third-order valence-electron chi connectivity index (χ3n) is 2.08. The summed E-state index contributed by atoms with van der Waals surface area (Å²) in [6, 6.07) is 2.03. The van der Waals surface area contributed by atoms with Crippen LogP contribution in [0.15, 0.2) is 18.2 Å². The van der Waals surface area contributed by atoms with Crippen LogP contribution in [0.2, 0.25) is 0 Å². The summed E-state index contributed by atoms with van der Waals surface area (Å²) in [4.78, 5) is 22.5. The van der Waals surface area contributed by atoms with E-state index in [1.807, 2.05) is 0 Å². The highest BCUT2D eigenvalue weighted by Crippen LogP contribution is 2.14. The Morgan fingerprint density at radius 1 is 1.33 bits per heavy atom. The molecule has 0 saturated carbocycles. The molecular formula is C12H11F3O3. The standard InChI is InChI=1S/C12H11F3O3/c1-2-5-18-12(17)10(15)11(16)8-4-3-7(13)6-9(8)14/h3-4,6,10H,2,5H2,1H3. The van der Waals surface area contributed by atoms with Gasteiger partial charge in [0.05, 0.1) is 12.2 Å². The van der Waals surface area contributed by atoms with Crippen molar-refractivity contribution in [1.82, 2.24) is 0 Å². The molecule has 18 heavy (non-hydrogen) atoms. The zero-order valence-corrected chi connectivity index (χ0v) is 9.58. The fraction of sp³-hybridized carbons (Fsp3) is 0.333. The maximum absolute atomic E-state index is 13.4. The normalized spacial score (nSPS) is 12.0. The lowest BCUT2D eigenvalue weighted by Gasteiger charge is -2.08. The van der Waals surface area contributed by atoms with Gasteiger partial charge in [0, 0.05) is 6.07 Å². The number of alkyl halides is 1. The molecule has 0 aromatic heterocycles. The highest BCUT2D eigenvalue weighted by atomic mass is 19.1. The van der Waals surface area contributed by atoms with E-state index in [2.05, 4.69) is 4.74 Å². The summed E-state index contributed by atoms with van der Waals surface area (Å²) in [6.07, 6.45) is -2.13. The monoisotopic (exact) mass is 260 g/mol. The Hall–Kier alpha value is -1.85. The molecule has 0 amide bonds. The summed E-state index contributed by atoms with van der Waals surface area (Å²) < 4.78 is 43.6. The summed E-state index contributed by atoms with van der Waals surface area (Å²) in [6.45, 7) is 1.67. The van der Waals surface area contributed by atoms with Crippen molar-refractivity contribution < 1.29 is 27.5 Å². The second-order valence-electron chi connectivity index (χ2n) is 3.52. The van der Waals surface area contributed by atoms with Gasteiger partial charge in [0.2, 0.25) is 5.78 Å². The zero-order chi connectivity index (χ0) is 13.7. The second kappa shape index (κ2) is 6.18. The molecule has 0 bridgehead atoms. The number of rotatable bonds is 5. The number of ketones is 1. The third-order valence-corrected chi connectivity index (χ3v) is 2.08. The molecular weight excluding hydrogens is 249 g/mol. The first-order chi connectivity index (χ1) is 8.47. The fourth-order valence-corrected chi connectivity index (χ4v) is 1.21.